The summed E-state index contributed by atoms with van der Waals surface area (Å²) in [5.41, 5.74) is 9.13. The SMILES string of the molecule is Cc1cccc(NC2(CN)CCC(C)(C)CC2)c1. The Morgan fingerprint density at radius 1 is 1.17 bits per heavy atom. The van der Waals surface area contributed by atoms with Crippen molar-refractivity contribution >= 4 is 5.69 Å². The Hall–Kier alpha value is -1.02. The average molecular weight is 246 g/mol. The molecule has 1 fully saturated rings. The molecule has 1 aliphatic carbocycles. The molecule has 2 nitrogen and oxygen atoms in total. The third-order valence-corrected chi connectivity index (χ3v) is 4.38. The second-order valence-electron chi connectivity index (χ2n) is 6.64. The second-order valence-corrected chi connectivity index (χ2v) is 6.64. The van der Waals surface area contributed by atoms with Gasteiger partial charge in [-0.1, -0.05) is 26.0 Å². The van der Waals surface area contributed by atoms with Gasteiger partial charge >= 0.3 is 0 Å². The van der Waals surface area contributed by atoms with Gasteiger partial charge in [-0.2, -0.15) is 0 Å². The van der Waals surface area contributed by atoms with Crippen molar-refractivity contribution in [2.24, 2.45) is 11.1 Å². The van der Waals surface area contributed by atoms with Crippen molar-refractivity contribution in [3.05, 3.63) is 29.8 Å². The largest absolute Gasteiger partial charge is 0.378 e. The van der Waals surface area contributed by atoms with Crippen molar-refractivity contribution in [3.63, 3.8) is 0 Å². The van der Waals surface area contributed by atoms with Crippen LogP contribution in [0.4, 0.5) is 5.69 Å². The molecule has 100 valence electrons. The van der Waals surface area contributed by atoms with Gasteiger partial charge in [-0.05, 0) is 55.7 Å². The van der Waals surface area contributed by atoms with Crippen molar-refractivity contribution in [1.82, 2.24) is 0 Å². The van der Waals surface area contributed by atoms with E-state index in [1.54, 1.807) is 0 Å². The lowest BCUT2D eigenvalue weighted by Gasteiger charge is -2.44. The lowest BCUT2D eigenvalue weighted by atomic mass is 9.69. The molecular weight excluding hydrogens is 220 g/mol. The fourth-order valence-electron chi connectivity index (χ4n) is 2.81. The van der Waals surface area contributed by atoms with Gasteiger partial charge in [0.1, 0.15) is 0 Å². The fourth-order valence-corrected chi connectivity index (χ4v) is 2.81. The van der Waals surface area contributed by atoms with Gasteiger partial charge in [-0.15, -0.1) is 0 Å². The molecule has 0 bridgehead atoms. The highest BCUT2D eigenvalue weighted by atomic mass is 15.0. The zero-order chi connectivity index (χ0) is 13.2. The van der Waals surface area contributed by atoms with Gasteiger partial charge in [0.15, 0.2) is 0 Å². The second kappa shape index (κ2) is 4.93. The predicted octanol–water partition coefficient (Wildman–Crippen LogP) is 3.70. The summed E-state index contributed by atoms with van der Waals surface area (Å²) in [6, 6.07) is 8.58. The quantitative estimate of drug-likeness (QED) is 0.853. The topological polar surface area (TPSA) is 38.0 Å². The molecule has 18 heavy (non-hydrogen) atoms. The van der Waals surface area contributed by atoms with Gasteiger partial charge in [-0.3, -0.25) is 0 Å². The third kappa shape index (κ3) is 3.05. The molecule has 1 saturated carbocycles. The summed E-state index contributed by atoms with van der Waals surface area (Å²) < 4.78 is 0. The number of rotatable bonds is 3. The molecule has 0 radical (unpaired) electrons. The van der Waals surface area contributed by atoms with Gasteiger partial charge in [0.05, 0.1) is 0 Å². The zero-order valence-electron chi connectivity index (χ0n) is 11.9. The van der Waals surface area contributed by atoms with Crippen LogP contribution in [0.15, 0.2) is 24.3 Å². The zero-order valence-corrected chi connectivity index (χ0v) is 11.9. The molecular formula is C16H26N2. The van der Waals surface area contributed by atoms with Crippen LogP contribution in [0.2, 0.25) is 0 Å². The molecule has 2 heteroatoms. The molecule has 0 aromatic heterocycles. The van der Waals surface area contributed by atoms with E-state index in [1.807, 2.05) is 0 Å². The van der Waals surface area contributed by atoms with Gasteiger partial charge in [0, 0.05) is 17.8 Å². The molecule has 2 rings (SSSR count). The van der Waals surface area contributed by atoms with Crippen LogP contribution in [0.3, 0.4) is 0 Å². The van der Waals surface area contributed by atoms with E-state index in [9.17, 15) is 0 Å². The maximum absolute atomic E-state index is 6.05. The van der Waals surface area contributed by atoms with E-state index in [0.29, 0.717) is 5.41 Å². The molecule has 0 atom stereocenters. The molecule has 0 spiro atoms. The van der Waals surface area contributed by atoms with Crippen LogP contribution >= 0.6 is 0 Å². The van der Waals surface area contributed by atoms with Gasteiger partial charge in [0.25, 0.3) is 0 Å². The van der Waals surface area contributed by atoms with Crippen molar-refractivity contribution in [1.29, 1.82) is 0 Å². The summed E-state index contributed by atoms with van der Waals surface area (Å²) in [6.45, 7) is 7.57. The maximum atomic E-state index is 6.05. The van der Waals surface area contributed by atoms with E-state index in [-0.39, 0.29) is 5.54 Å². The minimum absolute atomic E-state index is 0.101. The van der Waals surface area contributed by atoms with E-state index >= 15 is 0 Å². The first kappa shape index (κ1) is 13.4. The summed E-state index contributed by atoms with van der Waals surface area (Å²) >= 11 is 0. The average Bonchev–Trinajstić information content (AvgIpc) is 2.33. The first-order valence-corrected chi connectivity index (χ1v) is 7.00. The Morgan fingerprint density at radius 3 is 2.39 bits per heavy atom. The van der Waals surface area contributed by atoms with Crippen molar-refractivity contribution in [2.45, 2.75) is 52.0 Å². The van der Waals surface area contributed by atoms with E-state index < -0.39 is 0 Å². The Balaban J connectivity index is 2.10. The van der Waals surface area contributed by atoms with Crippen molar-refractivity contribution in [3.8, 4) is 0 Å². The monoisotopic (exact) mass is 246 g/mol. The van der Waals surface area contributed by atoms with E-state index in [4.69, 9.17) is 5.73 Å². The Bertz CT molecular complexity index is 399. The lowest BCUT2D eigenvalue weighted by molar-refractivity contribution is 0.182. The normalized spacial score (nSPS) is 21.6. The van der Waals surface area contributed by atoms with Crippen LogP contribution in [0.25, 0.3) is 0 Å². The van der Waals surface area contributed by atoms with Crippen LogP contribution in [-0.4, -0.2) is 12.1 Å². The van der Waals surface area contributed by atoms with Crippen molar-refractivity contribution in [2.75, 3.05) is 11.9 Å². The van der Waals surface area contributed by atoms with E-state index in [0.717, 1.165) is 6.54 Å². The lowest BCUT2D eigenvalue weighted by Crippen LogP contribution is -2.49. The molecule has 1 aliphatic rings. The number of hydrogen-bond donors (Lipinski definition) is 2. The highest BCUT2D eigenvalue weighted by Crippen LogP contribution is 2.41. The van der Waals surface area contributed by atoms with Gasteiger partial charge in [0.2, 0.25) is 0 Å². The van der Waals surface area contributed by atoms with Crippen LogP contribution in [0.1, 0.15) is 45.1 Å². The number of anilines is 1. The molecule has 0 unspecified atom stereocenters. The maximum Gasteiger partial charge on any atom is 0.0496 e. The molecule has 1 aromatic rings. The molecule has 1 aromatic carbocycles. The highest BCUT2D eigenvalue weighted by Gasteiger charge is 2.37. The van der Waals surface area contributed by atoms with Crippen LogP contribution in [-0.2, 0) is 0 Å². The first-order valence-electron chi connectivity index (χ1n) is 7.00. The summed E-state index contributed by atoms with van der Waals surface area (Å²) in [5, 5.41) is 3.70. The minimum atomic E-state index is 0.101. The fraction of sp³-hybridized carbons (Fsp3) is 0.625. The van der Waals surface area contributed by atoms with Gasteiger partial charge in [-0.25, -0.2) is 0 Å². The van der Waals surface area contributed by atoms with E-state index in [1.165, 1.54) is 36.9 Å². The predicted molar refractivity (Wildman–Crippen MR) is 78.8 cm³/mol. The van der Waals surface area contributed by atoms with E-state index in [2.05, 4.69) is 50.4 Å². The molecule has 3 N–H and O–H groups in total. The third-order valence-electron chi connectivity index (χ3n) is 4.38. The molecule has 0 aliphatic heterocycles. The first-order chi connectivity index (χ1) is 8.45. The summed E-state index contributed by atoms with van der Waals surface area (Å²) in [7, 11) is 0. The number of nitrogens with one attached hydrogen (secondary N) is 1. The number of hydrogen-bond acceptors (Lipinski definition) is 2. The standard InChI is InChI=1S/C16H26N2/c1-13-5-4-6-14(11-13)18-16(12-17)9-7-15(2,3)8-10-16/h4-6,11,18H,7-10,12,17H2,1-3H3. The Labute approximate surface area is 111 Å². The summed E-state index contributed by atoms with van der Waals surface area (Å²) in [6.07, 6.45) is 4.85. The number of aryl methyl sites for hydroxylation is 1. The molecule has 0 saturated heterocycles. The van der Waals surface area contributed by atoms with Gasteiger partial charge < -0.3 is 11.1 Å². The number of nitrogens with two attached hydrogens (primary N) is 1. The Morgan fingerprint density at radius 2 is 1.83 bits per heavy atom. The van der Waals surface area contributed by atoms with Crippen LogP contribution in [0, 0.1) is 12.3 Å². The van der Waals surface area contributed by atoms with Crippen molar-refractivity contribution < 1.29 is 0 Å². The van der Waals surface area contributed by atoms with Crippen LogP contribution < -0.4 is 11.1 Å². The summed E-state index contributed by atoms with van der Waals surface area (Å²) in [4.78, 5) is 0. The molecule has 0 amide bonds. The minimum Gasteiger partial charge on any atom is -0.378 e. The summed E-state index contributed by atoms with van der Waals surface area (Å²) in [5.74, 6) is 0. The van der Waals surface area contributed by atoms with Crippen LogP contribution in [0.5, 0.6) is 0 Å². The molecule has 0 heterocycles. The Kier molecular flexibility index (Phi) is 3.67. The highest BCUT2D eigenvalue weighted by molar-refractivity contribution is 5.48. The smallest absolute Gasteiger partial charge is 0.0496 e. The number of benzene rings is 1.